The maximum atomic E-state index is 11.9. The van der Waals surface area contributed by atoms with E-state index in [4.69, 9.17) is 4.74 Å². The molecule has 1 aromatic carbocycles. The molecular weight excluding hydrogens is 304 g/mol. The summed E-state index contributed by atoms with van der Waals surface area (Å²) in [5.74, 6) is -0.203. The molecular formula is C20H24O4. The van der Waals surface area contributed by atoms with Crippen molar-refractivity contribution in [2.24, 2.45) is 5.92 Å². The zero-order valence-electron chi connectivity index (χ0n) is 14.4. The smallest absolute Gasteiger partial charge is 0.336 e. The van der Waals surface area contributed by atoms with E-state index in [1.165, 1.54) is 11.1 Å². The largest absolute Gasteiger partial charge is 0.428 e. The Labute approximate surface area is 142 Å². The lowest BCUT2D eigenvalue weighted by molar-refractivity contribution is -0.152. The molecule has 0 saturated carbocycles. The molecule has 0 radical (unpaired) electrons. The Morgan fingerprint density at radius 3 is 2.75 bits per heavy atom. The molecule has 2 N–H and O–H groups in total. The van der Waals surface area contributed by atoms with Crippen molar-refractivity contribution in [1.29, 1.82) is 0 Å². The molecule has 4 nitrogen and oxygen atoms in total. The highest BCUT2D eigenvalue weighted by Crippen LogP contribution is 2.54. The summed E-state index contributed by atoms with van der Waals surface area (Å²) >= 11 is 0. The Kier molecular flexibility index (Phi) is 3.26. The minimum Gasteiger partial charge on any atom is -0.428 e. The first-order valence-electron chi connectivity index (χ1n) is 8.70. The molecule has 24 heavy (non-hydrogen) atoms. The van der Waals surface area contributed by atoms with Crippen LogP contribution in [0.3, 0.4) is 0 Å². The number of cyclic esters (lactones) is 1. The van der Waals surface area contributed by atoms with Crippen LogP contribution in [0.25, 0.3) is 0 Å². The van der Waals surface area contributed by atoms with Crippen molar-refractivity contribution in [2.75, 3.05) is 0 Å². The minimum absolute atomic E-state index is 0.0977. The molecule has 1 heterocycles. The summed E-state index contributed by atoms with van der Waals surface area (Å²) in [7, 11) is 0. The minimum atomic E-state index is -1.07. The van der Waals surface area contributed by atoms with E-state index in [2.05, 4.69) is 19.1 Å². The van der Waals surface area contributed by atoms with Crippen LogP contribution in [0.4, 0.5) is 0 Å². The van der Waals surface area contributed by atoms with Crippen LogP contribution in [0, 0.1) is 5.92 Å². The van der Waals surface area contributed by atoms with Gasteiger partial charge in [0.05, 0.1) is 5.60 Å². The highest BCUT2D eigenvalue weighted by molar-refractivity contribution is 5.92. The number of benzene rings is 1. The number of aliphatic hydroxyl groups is 2. The Morgan fingerprint density at radius 2 is 2.04 bits per heavy atom. The second-order valence-electron chi connectivity index (χ2n) is 8.13. The van der Waals surface area contributed by atoms with Crippen LogP contribution < -0.4 is 0 Å². The summed E-state index contributed by atoms with van der Waals surface area (Å²) in [4.78, 5) is 11.9. The molecule has 1 aliphatic heterocycles. The second kappa shape index (κ2) is 4.93. The summed E-state index contributed by atoms with van der Waals surface area (Å²) in [5.41, 5.74) is 4.05. The van der Waals surface area contributed by atoms with Crippen molar-refractivity contribution >= 4 is 5.97 Å². The number of hydrogen-bond acceptors (Lipinski definition) is 4. The van der Waals surface area contributed by atoms with Gasteiger partial charge in [-0.15, -0.1) is 0 Å². The third-order valence-electron chi connectivity index (χ3n) is 6.25. The third-order valence-corrected chi connectivity index (χ3v) is 6.25. The fourth-order valence-electron chi connectivity index (χ4n) is 4.87. The van der Waals surface area contributed by atoms with Gasteiger partial charge in [-0.05, 0) is 67.6 Å². The van der Waals surface area contributed by atoms with E-state index in [1.54, 1.807) is 13.8 Å². The Hall–Kier alpha value is -1.65. The summed E-state index contributed by atoms with van der Waals surface area (Å²) < 4.78 is 5.06. The van der Waals surface area contributed by atoms with Crippen molar-refractivity contribution in [3.05, 3.63) is 46.0 Å². The molecule has 0 aromatic heterocycles. The van der Waals surface area contributed by atoms with Gasteiger partial charge in [-0.2, -0.15) is 0 Å². The standard InChI is InChI=1S/C20H24O4/c1-19(2,23)12-5-7-14-11(10-12)4-6-15-16-13(8-9-20(14,15)3)17(21)24-18(16)22/h5,7,10,15,18,22-23H,4,6,8-9H2,1-3H3/t15-,18-,20+/m0/s1. The predicted molar refractivity (Wildman–Crippen MR) is 89.2 cm³/mol. The fraction of sp³-hybridized carbons (Fsp3) is 0.550. The van der Waals surface area contributed by atoms with E-state index < -0.39 is 11.9 Å². The molecule has 3 aliphatic rings. The first-order valence-corrected chi connectivity index (χ1v) is 8.70. The first kappa shape index (κ1) is 15.9. The molecule has 2 aliphatic carbocycles. The lowest BCUT2D eigenvalue weighted by Crippen LogP contribution is -2.42. The lowest BCUT2D eigenvalue weighted by Gasteiger charge is -2.47. The topological polar surface area (TPSA) is 66.8 Å². The number of hydrogen-bond donors (Lipinski definition) is 2. The van der Waals surface area contributed by atoms with Crippen LogP contribution in [0.15, 0.2) is 29.3 Å². The van der Waals surface area contributed by atoms with Gasteiger partial charge >= 0.3 is 5.97 Å². The maximum absolute atomic E-state index is 11.9. The number of aliphatic hydroxyl groups excluding tert-OH is 1. The average Bonchev–Trinajstić information content (AvgIpc) is 2.80. The van der Waals surface area contributed by atoms with E-state index in [0.29, 0.717) is 12.0 Å². The molecule has 0 bridgehead atoms. The van der Waals surface area contributed by atoms with Gasteiger partial charge in [0.2, 0.25) is 6.29 Å². The number of ether oxygens (including phenoxy) is 1. The highest BCUT2D eigenvalue weighted by atomic mass is 16.6. The zero-order chi connectivity index (χ0) is 17.3. The quantitative estimate of drug-likeness (QED) is 0.778. The normalized spacial score (nSPS) is 32.1. The zero-order valence-corrected chi connectivity index (χ0v) is 14.4. The number of carbonyl (C=O) groups is 1. The van der Waals surface area contributed by atoms with Crippen LogP contribution in [-0.2, 0) is 27.0 Å². The van der Waals surface area contributed by atoms with Gasteiger partial charge in [0, 0.05) is 11.1 Å². The van der Waals surface area contributed by atoms with E-state index in [9.17, 15) is 15.0 Å². The van der Waals surface area contributed by atoms with E-state index >= 15 is 0 Å². The van der Waals surface area contributed by atoms with Crippen molar-refractivity contribution in [3.8, 4) is 0 Å². The van der Waals surface area contributed by atoms with Crippen LogP contribution in [-0.4, -0.2) is 22.5 Å². The van der Waals surface area contributed by atoms with Crippen molar-refractivity contribution < 1.29 is 19.7 Å². The SMILES string of the molecule is CC(C)(O)c1ccc2c(c1)CC[C@H]1C3=C(CC[C@]21C)C(=O)O[C@@H]3O. The number of esters is 1. The first-order chi connectivity index (χ1) is 11.2. The molecule has 4 rings (SSSR count). The van der Waals surface area contributed by atoms with Crippen molar-refractivity contribution in [2.45, 2.75) is 63.8 Å². The monoisotopic (exact) mass is 328 g/mol. The van der Waals surface area contributed by atoms with E-state index in [-0.39, 0.29) is 17.3 Å². The number of rotatable bonds is 1. The van der Waals surface area contributed by atoms with Crippen molar-refractivity contribution in [1.82, 2.24) is 0 Å². The van der Waals surface area contributed by atoms with Crippen LogP contribution in [0.5, 0.6) is 0 Å². The number of carbonyl (C=O) groups excluding carboxylic acids is 1. The number of aryl methyl sites for hydroxylation is 1. The maximum Gasteiger partial charge on any atom is 0.336 e. The Morgan fingerprint density at radius 1 is 1.29 bits per heavy atom. The van der Waals surface area contributed by atoms with Gasteiger partial charge in [0.25, 0.3) is 0 Å². The molecule has 0 unspecified atom stereocenters. The summed E-state index contributed by atoms with van der Waals surface area (Å²) in [5, 5.41) is 20.5. The van der Waals surface area contributed by atoms with Crippen LogP contribution >= 0.6 is 0 Å². The Balaban J connectivity index is 1.80. The fourth-order valence-corrected chi connectivity index (χ4v) is 4.87. The van der Waals surface area contributed by atoms with E-state index in [1.807, 2.05) is 6.07 Å². The van der Waals surface area contributed by atoms with Gasteiger partial charge in [-0.25, -0.2) is 4.79 Å². The van der Waals surface area contributed by atoms with Crippen molar-refractivity contribution in [3.63, 3.8) is 0 Å². The molecule has 1 aromatic rings. The van der Waals surface area contributed by atoms with Crippen LogP contribution in [0.1, 0.15) is 56.7 Å². The highest BCUT2D eigenvalue weighted by Gasteiger charge is 2.51. The van der Waals surface area contributed by atoms with Gasteiger partial charge in [-0.3, -0.25) is 0 Å². The van der Waals surface area contributed by atoms with Crippen LogP contribution in [0.2, 0.25) is 0 Å². The number of fused-ring (bicyclic) bond motifs is 4. The molecule has 0 fully saturated rings. The van der Waals surface area contributed by atoms with Gasteiger partial charge in [-0.1, -0.05) is 25.1 Å². The van der Waals surface area contributed by atoms with Gasteiger partial charge in [0.1, 0.15) is 0 Å². The summed E-state index contributed by atoms with van der Waals surface area (Å²) in [6.45, 7) is 5.84. The average molecular weight is 328 g/mol. The third kappa shape index (κ3) is 2.09. The van der Waals surface area contributed by atoms with Gasteiger partial charge < -0.3 is 14.9 Å². The summed E-state index contributed by atoms with van der Waals surface area (Å²) in [6, 6.07) is 6.25. The summed E-state index contributed by atoms with van der Waals surface area (Å²) in [6.07, 6.45) is 2.25. The molecule has 4 heteroatoms. The lowest BCUT2D eigenvalue weighted by atomic mass is 9.56. The second-order valence-corrected chi connectivity index (χ2v) is 8.13. The molecule has 0 spiro atoms. The molecule has 3 atom stereocenters. The van der Waals surface area contributed by atoms with Gasteiger partial charge in [0.15, 0.2) is 0 Å². The molecule has 128 valence electrons. The molecule has 0 amide bonds. The predicted octanol–water partition coefficient (Wildman–Crippen LogP) is 2.70. The molecule has 0 saturated heterocycles. The van der Waals surface area contributed by atoms with E-state index in [0.717, 1.165) is 30.4 Å². The Bertz CT molecular complexity index is 755.